The van der Waals surface area contributed by atoms with Crippen molar-refractivity contribution in [3.63, 3.8) is 0 Å². The number of benzene rings is 1. The van der Waals surface area contributed by atoms with Crippen molar-refractivity contribution in [2.24, 2.45) is 0 Å². The quantitative estimate of drug-likeness (QED) is 0.427. The molecule has 2 aliphatic rings. The van der Waals surface area contributed by atoms with E-state index in [1.54, 1.807) is 12.3 Å². The number of hydrogen-bond donors (Lipinski definition) is 0. The zero-order valence-electron chi connectivity index (χ0n) is 16.6. The molecule has 0 radical (unpaired) electrons. The normalized spacial score (nSPS) is 19.4. The predicted molar refractivity (Wildman–Crippen MR) is 110 cm³/mol. The summed E-state index contributed by atoms with van der Waals surface area (Å²) in [5.41, 5.74) is 0.220. The van der Waals surface area contributed by atoms with Gasteiger partial charge in [0.1, 0.15) is 5.75 Å². The number of pyridine rings is 1. The van der Waals surface area contributed by atoms with E-state index in [-0.39, 0.29) is 11.4 Å². The Kier molecular flexibility index (Phi) is 6.21. The summed E-state index contributed by atoms with van der Waals surface area (Å²) in [6.45, 7) is 5.16. The lowest BCUT2D eigenvalue weighted by atomic mass is 10.2. The molecular formula is C22H23FN4O3. The van der Waals surface area contributed by atoms with Crippen molar-refractivity contribution < 1.29 is 14.1 Å². The average Bonchev–Trinajstić information content (AvgIpc) is 3.42. The van der Waals surface area contributed by atoms with Gasteiger partial charge >= 0.3 is 0 Å². The zero-order valence-corrected chi connectivity index (χ0v) is 16.6. The van der Waals surface area contributed by atoms with Crippen molar-refractivity contribution in [1.82, 2.24) is 14.8 Å². The molecule has 4 rings (SSSR count). The maximum Gasteiger partial charge on any atom is 0.272 e. The maximum atomic E-state index is 14.2. The third kappa shape index (κ3) is 4.75. The van der Waals surface area contributed by atoms with Gasteiger partial charge in [-0.25, -0.2) is 4.39 Å². The third-order valence-corrected chi connectivity index (χ3v) is 5.56. The van der Waals surface area contributed by atoms with Gasteiger partial charge in [-0.2, -0.15) is 0 Å². The Morgan fingerprint density at radius 1 is 1.23 bits per heavy atom. The molecule has 1 aromatic heterocycles. The minimum Gasteiger partial charge on any atom is -0.453 e. The van der Waals surface area contributed by atoms with E-state index in [4.69, 9.17) is 4.74 Å². The Morgan fingerprint density at radius 2 is 2.07 bits per heavy atom. The second-order valence-corrected chi connectivity index (χ2v) is 7.57. The van der Waals surface area contributed by atoms with Crippen LogP contribution in [0.3, 0.4) is 0 Å². The Hall–Kier alpha value is -3.02. The first-order valence-electron chi connectivity index (χ1n) is 10.1. The Morgan fingerprint density at radius 3 is 2.83 bits per heavy atom. The number of nitro benzene ring substituents is 1. The smallest absolute Gasteiger partial charge is 0.272 e. The van der Waals surface area contributed by atoms with Gasteiger partial charge in [-0.05, 0) is 38.4 Å². The fourth-order valence-corrected chi connectivity index (χ4v) is 3.98. The van der Waals surface area contributed by atoms with Crippen LogP contribution in [0.25, 0.3) is 0 Å². The summed E-state index contributed by atoms with van der Waals surface area (Å²) >= 11 is 0. The SMILES string of the molecule is O=[N+]([O-])c1ccc(Oc2ccncc2C#CCN2CC[C@H](N3CCCC3)C2)c(F)c1. The fourth-order valence-electron chi connectivity index (χ4n) is 3.98. The summed E-state index contributed by atoms with van der Waals surface area (Å²) in [6, 6.07) is 5.52. The molecule has 1 aromatic carbocycles. The molecule has 0 bridgehead atoms. The van der Waals surface area contributed by atoms with Crippen molar-refractivity contribution in [3.05, 3.63) is 58.2 Å². The van der Waals surface area contributed by atoms with Gasteiger partial charge in [-0.1, -0.05) is 11.8 Å². The minimum absolute atomic E-state index is 0.0946. The highest BCUT2D eigenvalue weighted by atomic mass is 19.1. The maximum absolute atomic E-state index is 14.2. The topological polar surface area (TPSA) is 71.7 Å². The molecule has 0 N–H and O–H groups in total. The molecule has 2 aromatic rings. The van der Waals surface area contributed by atoms with Crippen molar-refractivity contribution >= 4 is 5.69 Å². The summed E-state index contributed by atoms with van der Waals surface area (Å²) in [7, 11) is 0. The molecule has 0 amide bonds. The van der Waals surface area contributed by atoms with Crippen LogP contribution < -0.4 is 4.74 Å². The van der Waals surface area contributed by atoms with Gasteiger partial charge in [0.25, 0.3) is 5.69 Å². The summed E-state index contributed by atoms with van der Waals surface area (Å²) < 4.78 is 19.8. The molecule has 0 aliphatic carbocycles. The van der Waals surface area contributed by atoms with Crippen molar-refractivity contribution in [3.8, 4) is 23.3 Å². The largest absolute Gasteiger partial charge is 0.453 e. The van der Waals surface area contributed by atoms with Gasteiger partial charge in [0.2, 0.25) is 0 Å². The third-order valence-electron chi connectivity index (χ3n) is 5.56. The van der Waals surface area contributed by atoms with Crippen molar-refractivity contribution in [2.45, 2.75) is 25.3 Å². The van der Waals surface area contributed by atoms with Crippen molar-refractivity contribution in [2.75, 3.05) is 32.7 Å². The first kappa shape index (κ1) is 20.3. The molecule has 1 atom stereocenters. The molecule has 30 heavy (non-hydrogen) atoms. The molecule has 3 heterocycles. The van der Waals surface area contributed by atoms with Crippen LogP contribution in [0.5, 0.6) is 11.5 Å². The second kappa shape index (κ2) is 9.20. The highest BCUT2D eigenvalue weighted by Gasteiger charge is 2.28. The fraction of sp³-hybridized carbons (Fsp3) is 0.409. The number of nitrogens with zero attached hydrogens (tertiary/aromatic N) is 4. The molecule has 2 fully saturated rings. The van der Waals surface area contributed by atoms with Gasteiger partial charge in [-0.15, -0.1) is 0 Å². The van der Waals surface area contributed by atoms with Crippen LogP contribution in [0.1, 0.15) is 24.8 Å². The Labute approximate surface area is 174 Å². The molecule has 0 unspecified atom stereocenters. The van der Waals surface area contributed by atoms with Gasteiger partial charge < -0.3 is 4.74 Å². The molecule has 0 saturated carbocycles. The lowest BCUT2D eigenvalue weighted by molar-refractivity contribution is -0.385. The van der Waals surface area contributed by atoms with Crippen LogP contribution in [-0.4, -0.2) is 58.5 Å². The van der Waals surface area contributed by atoms with E-state index in [9.17, 15) is 14.5 Å². The molecule has 156 valence electrons. The van der Waals surface area contributed by atoms with E-state index < -0.39 is 10.7 Å². The summed E-state index contributed by atoms with van der Waals surface area (Å²) in [5.74, 6) is 5.71. The molecule has 0 spiro atoms. The summed E-state index contributed by atoms with van der Waals surface area (Å²) in [4.78, 5) is 19.1. The lowest BCUT2D eigenvalue weighted by Gasteiger charge is -2.23. The highest BCUT2D eigenvalue weighted by molar-refractivity contribution is 5.47. The predicted octanol–water partition coefficient (Wildman–Crippen LogP) is 3.44. The van der Waals surface area contributed by atoms with Gasteiger partial charge in [0.15, 0.2) is 11.6 Å². The summed E-state index contributed by atoms with van der Waals surface area (Å²) in [5, 5.41) is 10.8. The number of likely N-dealkylation sites (tertiary alicyclic amines) is 2. The van der Waals surface area contributed by atoms with Gasteiger partial charge in [0, 0.05) is 43.7 Å². The standard InChI is InChI=1S/C22H23FN4O3/c23-20-14-18(27(28)29)5-6-22(20)30-21-7-9-24-15-17(21)4-3-10-25-13-8-19(16-25)26-11-1-2-12-26/h5-7,9,14-15,19H,1-2,8,10-13,16H2/t19-/m0/s1. The van der Waals surface area contributed by atoms with Crippen LogP contribution in [0.4, 0.5) is 10.1 Å². The van der Waals surface area contributed by atoms with E-state index in [1.165, 1.54) is 50.7 Å². The summed E-state index contributed by atoms with van der Waals surface area (Å²) in [6.07, 6.45) is 6.89. The minimum atomic E-state index is -0.801. The molecule has 7 nitrogen and oxygen atoms in total. The Balaban J connectivity index is 1.40. The number of aromatic nitrogens is 1. The van der Waals surface area contributed by atoms with E-state index >= 15 is 0 Å². The second-order valence-electron chi connectivity index (χ2n) is 7.57. The van der Waals surface area contributed by atoms with Gasteiger partial charge in [-0.3, -0.25) is 24.9 Å². The number of rotatable bonds is 5. The van der Waals surface area contributed by atoms with Crippen LogP contribution in [0.15, 0.2) is 36.7 Å². The van der Waals surface area contributed by atoms with Crippen LogP contribution in [-0.2, 0) is 0 Å². The number of nitro groups is 1. The monoisotopic (exact) mass is 410 g/mol. The van der Waals surface area contributed by atoms with Crippen LogP contribution in [0, 0.1) is 27.8 Å². The average molecular weight is 410 g/mol. The molecule has 2 saturated heterocycles. The molecular weight excluding hydrogens is 387 g/mol. The van der Waals surface area contributed by atoms with E-state index in [0.717, 1.165) is 19.2 Å². The number of ether oxygens (including phenoxy) is 1. The Bertz CT molecular complexity index is 982. The van der Waals surface area contributed by atoms with Crippen molar-refractivity contribution in [1.29, 1.82) is 0 Å². The number of non-ortho nitro benzene ring substituents is 1. The number of halogens is 1. The van der Waals surface area contributed by atoms with Crippen LogP contribution >= 0.6 is 0 Å². The first-order chi connectivity index (χ1) is 14.6. The first-order valence-corrected chi connectivity index (χ1v) is 10.1. The lowest BCUT2D eigenvalue weighted by Crippen LogP contribution is -2.35. The zero-order chi connectivity index (χ0) is 20.9. The van der Waals surface area contributed by atoms with Crippen LogP contribution in [0.2, 0.25) is 0 Å². The van der Waals surface area contributed by atoms with Gasteiger partial charge in [0.05, 0.1) is 23.1 Å². The van der Waals surface area contributed by atoms with E-state index in [0.29, 0.717) is 23.9 Å². The molecule has 2 aliphatic heterocycles. The number of hydrogen-bond acceptors (Lipinski definition) is 6. The van der Waals surface area contributed by atoms with E-state index in [2.05, 4.69) is 26.6 Å². The molecule has 8 heteroatoms. The van der Waals surface area contributed by atoms with E-state index in [1.807, 2.05) is 0 Å². The highest BCUT2D eigenvalue weighted by Crippen LogP contribution is 2.29.